The van der Waals surface area contributed by atoms with Crippen molar-refractivity contribution in [2.45, 2.75) is 78.4 Å². The molecule has 1 aromatic heterocycles. The Kier molecular flexibility index (Phi) is 4.87. The largest absolute Gasteiger partial charge is 0.366 e. The molecule has 1 N–H and O–H groups in total. The summed E-state index contributed by atoms with van der Waals surface area (Å²) >= 11 is 0. The molecule has 0 spiro atoms. The quantitative estimate of drug-likeness (QED) is 0.871. The van der Waals surface area contributed by atoms with Crippen LogP contribution in [0.2, 0.25) is 0 Å². The number of nitrogens with one attached hydrogen (secondary N) is 1. The van der Waals surface area contributed by atoms with E-state index >= 15 is 0 Å². The summed E-state index contributed by atoms with van der Waals surface area (Å²) in [5.74, 6) is 1.31. The fraction of sp³-hybridized carbons (Fsp3) is 0.765. The van der Waals surface area contributed by atoms with Gasteiger partial charge in [0.1, 0.15) is 5.82 Å². The van der Waals surface area contributed by atoms with E-state index in [0.717, 1.165) is 24.6 Å². The van der Waals surface area contributed by atoms with Crippen LogP contribution >= 0.6 is 0 Å². The van der Waals surface area contributed by atoms with E-state index in [1.807, 2.05) is 6.20 Å². The molecule has 0 atom stereocenters. The monoisotopic (exact) mass is 290 g/mol. The van der Waals surface area contributed by atoms with Crippen LogP contribution in [0.1, 0.15) is 71.8 Å². The average Bonchev–Trinajstić information content (AvgIpc) is 3.21. The predicted octanol–water partition coefficient (Wildman–Crippen LogP) is 3.48. The van der Waals surface area contributed by atoms with Gasteiger partial charge in [0.15, 0.2) is 0 Å². The average molecular weight is 290 g/mol. The Hall–Kier alpha value is -1.16. The van der Waals surface area contributed by atoms with E-state index in [4.69, 9.17) is 4.98 Å². The minimum atomic E-state index is 0.0941. The molecule has 0 aliphatic heterocycles. The van der Waals surface area contributed by atoms with Gasteiger partial charge < -0.3 is 10.2 Å². The maximum Gasteiger partial charge on any atom is 0.131 e. The van der Waals surface area contributed by atoms with Gasteiger partial charge in [-0.1, -0.05) is 13.8 Å². The van der Waals surface area contributed by atoms with Crippen LogP contribution in [-0.4, -0.2) is 28.1 Å². The first-order chi connectivity index (χ1) is 9.81. The molecular weight excluding hydrogens is 260 g/mol. The smallest absolute Gasteiger partial charge is 0.131 e. The molecule has 4 nitrogen and oxygen atoms in total. The first-order valence-electron chi connectivity index (χ1n) is 8.19. The lowest BCUT2D eigenvalue weighted by Crippen LogP contribution is -2.36. The fourth-order valence-electron chi connectivity index (χ4n) is 2.43. The molecule has 0 unspecified atom stereocenters. The Morgan fingerprint density at radius 1 is 1.33 bits per heavy atom. The van der Waals surface area contributed by atoms with Gasteiger partial charge in [0.05, 0.1) is 17.6 Å². The molecule has 0 amide bonds. The highest BCUT2D eigenvalue weighted by atomic mass is 15.2. The molecule has 0 bridgehead atoms. The summed E-state index contributed by atoms with van der Waals surface area (Å²) in [6.07, 6.45) is 4.63. The zero-order valence-corrected chi connectivity index (χ0v) is 14.4. The maximum absolute atomic E-state index is 4.84. The second-order valence-electron chi connectivity index (χ2n) is 7.34. The summed E-state index contributed by atoms with van der Waals surface area (Å²) in [7, 11) is 0. The lowest BCUT2D eigenvalue weighted by molar-refractivity contribution is 0.420. The van der Waals surface area contributed by atoms with Gasteiger partial charge in [0.25, 0.3) is 0 Å². The highest BCUT2D eigenvalue weighted by Gasteiger charge is 2.30. The number of hydrogen-bond donors (Lipinski definition) is 1. The van der Waals surface area contributed by atoms with Gasteiger partial charge in [-0.3, -0.25) is 0 Å². The minimum Gasteiger partial charge on any atom is -0.366 e. The molecule has 1 aliphatic carbocycles. The van der Waals surface area contributed by atoms with Crippen LogP contribution in [-0.2, 0) is 6.54 Å². The van der Waals surface area contributed by atoms with E-state index in [9.17, 15) is 0 Å². The highest BCUT2D eigenvalue weighted by Crippen LogP contribution is 2.33. The predicted molar refractivity (Wildman–Crippen MR) is 88.8 cm³/mol. The van der Waals surface area contributed by atoms with Crippen LogP contribution in [0.15, 0.2) is 6.20 Å². The topological polar surface area (TPSA) is 41.1 Å². The van der Waals surface area contributed by atoms with Crippen molar-refractivity contribution in [2.75, 3.05) is 11.4 Å². The number of hydrogen-bond acceptors (Lipinski definition) is 4. The van der Waals surface area contributed by atoms with Crippen LogP contribution in [0.3, 0.4) is 0 Å². The molecule has 1 aliphatic rings. The van der Waals surface area contributed by atoms with E-state index < -0.39 is 0 Å². The molecule has 4 heteroatoms. The Labute approximate surface area is 129 Å². The fourth-order valence-corrected chi connectivity index (χ4v) is 2.43. The van der Waals surface area contributed by atoms with Crippen LogP contribution in [0.5, 0.6) is 0 Å². The van der Waals surface area contributed by atoms with Crippen molar-refractivity contribution in [3.05, 3.63) is 17.7 Å². The maximum atomic E-state index is 4.84. The molecule has 1 fully saturated rings. The van der Waals surface area contributed by atoms with Gasteiger partial charge in [-0.05, 0) is 40.5 Å². The van der Waals surface area contributed by atoms with Gasteiger partial charge in [0.2, 0.25) is 0 Å². The third-order valence-corrected chi connectivity index (χ3v) is 3.80. The summed E-state index contributed by atoms with van der Waals surface area (Å²) in [6.45, 7) is 14.9. The van der Waals surface area contributed by atoms with E-state index in [-0.39, 0.29) is 5.54 Å². The molecule has 118 valence electrons. The number of rotatable bonds is 6. The Morgan fingerprint density at radius 2 is 2.00 bits per heavy atom. The Morgan fingerprint density at radius 3 is 2.48 bits per heavy atom. The summed E-state index contributed by atoms with van der Waals surface area (Å²) in [5, 5.41) is 3.57. The molecule has 21 heavy (non-hydrogen) atoms. The second-order valence-corrected chi connectivity index (χ2v) is 7.34. The van der Waals surface area contributed by atoms with Crippen molar-refractivity contribution >= 4 is 5.69 Å². The normalized spacial score (nSPS) is 15.6. The molecule has 0 saturated heterocycles. The molecule has 2 rings (SSSR count). The zero-order chi connectivity index (χ0) is 15.6. The van der Waals surface area contributed by atoms with Crippen molar-refractivity contribution in [2.24, 2.45) is 0 Å². The molecule has 0 radical (unpaired) electrons. The highest BCUT2D eigenvalue weighted by molar-refractivity contribution is 5.51. The van der Waals surface area contributed by atoms with Crippen LogP contribution in [0, 0.1) is 0 Å². The second kappa shape index (κ2) is 6.30. The summed E-state index contributed by atoms with van der Waals surface area (Å²) in [6, 6.07) is 0.692. The van der Waals surface area contributed by atoms with E-state index in [1.165, 1.54) is 18.5 Å². The van der Waals surface area contributed by atoms with E-state index in [1.54, 1.807) is 0 Å². The van der Waals surface area contributed by atoms with E-state index in [0.29, 0.717) is 12.0 Å². The Bertz CT molecular complexity index is 472. The number of aromatic nitrogens is 2. The van der Waals surface area contributed by atoms with Crippen molar-refractivity contribution < 1.29 is 0 Å². The lowest BCUT2D eigenvalue weighted by Gasteiger charge is -2.27. The van der Waals surface area contributed by atoms with E-state index in [2.05, 4.69) is 56.7 Å². The van der Waals surface area contributed by atoms with Crippen LogP contribution in [0.25, 0.3) is 0 Å². The first kappa shape index (κ1) is 16.2. The standard InChI is InChI=1S/C17H30N4/c1-7-21(13-8-9-13)15-11-18-16(12(2)3)20-14(15)10-19-17(4,5)6/h11-13,19H,7-10H2,1-6H3. The van der Waals surface area contributed by atoms with Crippen LogP contribution < -0.4 is 10.2 Å². The van der Waals surface area contributed by atoms with Crippen molar-refractivity contribution in [1.29, 1.82) is 0 Å². The van der Waals surface area contributed by atoms with Crippen molar-refractivity contribution in [3.63, 3.8) is 0 Å². The van der Waals surface area contributed by atoms with Crippen LogP contribution in [0.4, 0.5) is 5.69 Å². The SMILES string of the molecule is CCN(c1cnc(C(C)C)nc1CNC(C)(C)C)C1CC1. The first-order valence-corrected chi connectivity index (χ1v) is 8.19. The molecular formula is C17H30N4. The third kappa shape index (κ3) is 4.40. The number of anilines is 1. The lowest BCUT2D eigenvalue weighted by atomic mass is 10.1. The number of nitrogens with zero attached hydrogens (tertiary/aromatic N) is 3. The summed E-state index contributed by atoms with van der Waals surface area (Å²) in [4.78, 5) is 11.9. The molecule has 0 aromatic carbocycles. The van der Waals surface area contributed by atoms with Crippen molar-refractivity contribution in [1.82, 2.24) is 15.3 Å². The zero-order valence-electron chi connectivity index (χ0n) is 14.4. The third-order valence-electron chi connectivity index (χ3n) is 3.80. The van der Waals surface area contributed by atoms with Gasteiger partial charge in [-0.2, -0.15) is 0 Å². The summed E-state index contributed by atoms with van der Waals surface area (Å²) < 4.78 is 0. The van der Waals surface area contributed by atoms with Gasteiger partial charge in [-0.25, -0.2) is 9.97 Å². The van der Waals surface area contributed by atoms with Gasteiger partial charge in [-0.15, -0.1) is 0 Å². The van der Waals surface area contributed by atoms with Gasteiger partial charge in [0, 0.05) is 30.6 Å². The minimum absolute atomic E-state index is 0.0941. The molecule has 1 saturated carbocycles. The summed E-state index contributed by atoms with van der Waals surface area (Å²) in [5.41, 5.74) is 2.44. The Balaban J connectivity index is 2.28. The van der Waals surface area contributed by atoms with Gasteiger partial charge >= 0.3 is 0 Å². The molecule has 1 heterocycles. The molecule has 1 aromatic rings. The van der Waals surface area contributed by atoms with Crippen molar-refractivity contribution in [3.8, 4) is 0 Å².